The lowest BCUT2D eigenvalue weighted by atomic mass is 10.1. The molecule has 0 bridgehead atoms. The number of amides is 1. The smallest absolute Gasteiger partial charge is 0.234 e. The van der Waals surface area contributed by atoms with Crippen LogP contribution in [0.3, 0.4) is 0 Å². The average Bonchev–Trinajstić information content (AvgIpc) is 3.02. The Labute approximate surface area is 129 Å². The highest BCUT2D eigenvalue weighted by Gasteiger charge is 2.29. The number of hydrogen-bond acceptors (Lipinski definition) is 4. The average molecular weight is 300 g/mol. The fourth-order valence-electron chi connectivity index (χ4n) is 2.47. The van der Waals surface area contributed by atoms with Gasteiger partial charge >= 0.3 is 0 Å². The number of benzene rings is 1. The molecule has 0 atom stereocenters. The first-order chi connectivity index (χ1) is 10.8. The topological polar surface area (TPSA) is 59.4 Å². The third-order valence-electron chi connectivity index (χ3n) is 3.64. The van der Waals surface area contributed by atoms with Crippen LogP contribution in [0.15, 0.2) is 48.8 Å². The number of hydrogen-bond donors (Lipinski definition) is 1. The Morgan fingerprint density at radius 3 is 2.82 bits per heavy atom. The van der Waals surface area contributed by atoms with Crippen LogP contribution in [0, 0.1) is 0 Å². The van der Waals surface area contributed by atoms with Crippen molar-refractivity contribution in [3.8, 4) is 5.75 Å². The van der Waals surface area contributed by atoms with Gasteiger partial charge in [-0.25, -0.2) is 0 Å². The van der Waals surface area contributed by atoms with Gasteiger partial charge in [-0.1, -0.05) is 18.2 Å². The number of nitrogens with one attached hydrogen (secondary N) is 1. The van der Waals surface area contributed by atoms with Crippen LogP contribution in [0.25, 0.3) is 0 Å². The van der Waals surface area contributed by atoms with E-state index in [0.29, 0.717) is 25.7 Å². The number of carbonyl (C=O) groups excluding carboxylic acids is 1. The van der Waals surface area contributed by atoms with E-state index in [-0.39, 0.29) is 5.91 Å². The van der Waals surface area contributed by atoms with E-state index in [2.05, 4.69) is 15.3 Å². The van der Waals surface area contributed by atoms with Crippen molar-refractivity contribution < 1.29 is 9.53 Å². The highest BCUT2D eigenvalue weighted by atomic mass is 16.5. The number of carbonyl (C=O) groups is 1. The van der Waals surface area contributed by atoms with Crippen LogP contribution in [0.5, 0.6) is 5.75 Å². The lowest BCUT2D eigenvalue weighted by Crippen LogP contribution is -2.51. The van der Waals surface area contributed by atoms with E-state index < -0.39 is 0 Å². The molecule has 1 aliphatic heterocycles. The van der Waals surface area contributed by atoms with Crippen molar-refractivity contribution in [2.24, 2.45) is 0 Å². The molecule has 1 fully saturated rings. The SMILES string of the molecule is O=C(CN1CC(n2cccn2)C1)NCCOc1ccccc1. The van der Waals surface area contributed by atoms with Gasteiger partial charge in [0.15, 0.2) is 0 Å². The number of nitrogens with zero attached hydrogens (tertiary/aromatic N) is 3. The standard InChI is InChI=1S/C16H20N4O2/c21-16(17-8-10-22-15-5-2-1-3-6-15)13-19-11-14(12-19)20-9-4-7-18-20/h1-7,9,14H,8,10-13H2,(H,17,21). The Hall–Kier alpha value is -2.34. The molecule has 2 heterocycles. The van der Waals surface area contributed by atoms with Gasteiger partial charge in [0.25, 0.3) is 0 Å². The summed E-state index contributed by atoms with van der Waals surface area (Å²) in [6.45, 7) is 3.17. The number of rotatable bonds is 7. The molecule has 6 nitrogen and oxygen atoms in total. The zero-order valence-electron chi connectivity index (χ0n) is 12.4. The largest absolute Gasteiger partial charge is 0.492 e. The molecule has 2 aromatic rings. The number of para-hydroxylation sites is 1. The molecule has 1 aromatic carbocycles. The first-order valence-electron chi connectivity index (χ1n) is 7.47. The third kappa shape index (κ3) is 3.85. The molecule has 116 valence electrons. The van der Waals surface area contributed by atoms with Crippen LogP contribution in [0.4, 0.5) is 0 Å². The molecule has 1 amide bonds. The third-order valence-corrected chi connectivity index (χ3v) is 3.64. The second-order valence-electron chi connectivity index (χ2n) is 5.35. The monoisotopic (exact) mass is 300 g/mol. The van der Waals surface area contributed by atoms with Gasteiger partial charge < -0.3 is 10.1 Å². The quantitative estimate of drug-likeness (QED) is 0.773. The van der Waals surface area contributed by atoms with Crippen LogP contribution >= 0.6 is 0 Å². The summed E-state index contributed by atoms with van der Waals surface area (Å²) in [6.07, 6.45) is 3.74. The van der Waals surface area contributed by atoms with Crippen LogP contribution in [0.1, 0.15) is 6.04 Å². The summed E-state index contributed by atoms with van der Waals surface area (Å²) in [7, 11) is 0. The Kier molecular flexibility index (Phi) is 4.70. The molecule has 22 heavy (non-hydrogen) atoms. The van der Waals surface area contributed by atoms with Crippen molar-refractivity contribution in [1.82, 2.24) is 20.0 Å². The maximum absolute atomic E-state index is 11.8. The second-order valence-corrected chi connectivity index (χ2v) is 5.35. The molecular formula is C16H20N4O2. The summed E-state index contributed by atoms with van der Waals surface area (Å²) >= 11 is 0. The van der Waals surface area contributed by atoms with Gasteiger partial charge in [0, 0.05) is 25.5 Å². The fraction of sp³-hybridized carbons (Fsp3) is 0.375. The Morgan fingerprint density at radius 2 is 2.09 bits per heavy atom. The molecule has 0 saturated carbocycles. The van der Waals surface area contributed by atoms with E-state index >= 15 is 0 Å². The van der Waals surface area contributed by atoms with E-state index in [1.165, 1.54) is 0 Å². The van der Waals surface area contributed by atoms with Gasteiger partial charge in [0.2, 0.25) is 5.91 Å². The molecule has 1 aliphatic rings. The molecule has 0 spiro atoms. The Balaban J connectivity index is 1.28. The predicted octanol–water partition coefficient (Wildman–Crippen LogP) is 0.935. The number of aromatic nitrogens is 2. The van der Waals surface area contributed by atoms with Gasteiger partial charge in [-0.3, -0.25) is 14.4 Å². The van der Waals surface area contributed by atoms with Crippen molar-refractivity contribution in [3.63, 3.8) is 0 Å². The van der Waals surface area contributed by atoms with Crippen LogP contribution < -0.4 is 10.1 Å². The highest BCUT2D eigenvalue weighted by Crippen LogP contribution is 2.19. The van der Waals surface area contributed by atoms with Crippen LogP contribution in [0.2, 0.25) is 0 Å². The molecule has 0 aliphatic carbocycles. The van der Waals surface area contributed by atoms with E-state index in [4.69, 9.17) is 4.74 Å². The van der Waals surface area contributed by atoms with E-state index in [0.717, 1.165) is 18.8 Å². The zero-order valence-corrected chi connectivity index (χ0v) is 12.4. The highest BCUT2D eigenvalue weighted by molar-refractivity contribution is 5.78. The van der Waals surface area contributed by atoms with E-state index in [1.807, 2.05) is 47.3 Å². The Bertz CT molecular complexity index is 579. The van der Waals surface area contributed by atoms with Gasteiger partial charge in [-0.15, -0.1) is 0 Å². The van der Waals surface area contributed by atoms with Crippen molar-refractivity contribution in [3.05, 3.63) is 48.8 Å². The predicted molar refractivity (Wildman–Crippen MR) is 82.7 cm³/mol. The normalized spacial score (nSPS) is 15.3. The zero-order chi connectivity index (χ0) is 15.2. The van der Waals surface area contributed by atoms with Crippen molar-refractivity contribution in [1.29, 1.82) is 0 Å². The lowest BCUT2D eigenvalue weighted by Gasteiger charge is -2.38. The van der Waals surface area contributed by atoms with Gasteiger partial charge in [0.05, 0.1) is 19.1 Å². The van der Waals surface area contributed by atoms with Crippen LogP contribution in [-0.4, -0.2) is 53.4 Å². The van der Waals surface area contributed by atoms with Crippen LogP contribution in [-0.2, 0) is 4.79 Å². The van der Waals surface area contributed by atoms with Gasteiger partial charge in [-0.2, -0.15) is 5.10 Å². The summed E-state index contributed by atoms with van der Waals surface area (Å²) in [4.78, 5) is 13.9. The lowest BCUT2D eigenvalue weighted by molar-refractivity contribution is -0.123. The van der Waals surface area contributed by atoms with E-state index in [1.54, 1.807) is 6.20 Å². The van der Waals surface area contributed by atoms with Crippen molar-refractivity contribution in [2.75, 3.05) is 32.8 Å². The minimum absolute atomic E-state index is 0.0376. The first kappa shape index (κ1) is 14.6. The second kappa shape index (κ2) is 7.09. The molecule has 3 rings (SSSR count). The molecule has 6 heteroatoms. The molecule has 0 radical (unpaired) electrons. The summed E-state index contributed by atoms with van der Waals surface area (Å²) in [5.74, 6) is 0.858. The van der Waals surface area contributed by atoms with Crippen molar-refractivity contribution in [2.45, 2.75) is 6.04 Å². The molecule has 1 saturated heterocycles. The number of likely N-dealkylation sites (tertiary alicyclic amines) is 1. The molecular weight excluding hydrogens is 280 g/mol. The summed E-state index contributed by atoms with van der Waals surface area (Å²) in [6, 6.07) is 11.9. The Morgan fingerprint density at radius 1 is 1.27 bits per heavy atom. The van der Waals surface area contributed by atoms with E-state index in [9.17, 15) is 4.79 Å². The molecule has 1 N–H and O–H groups in total. The maximum atomic E-state index is 11.8. The van der Waals surface area contributed by atoms with Gasteiger partial charge in [-0.05, 0) is 18.2 Å². The fourth-order valence-corrected chi connectivity index (χ4v) is 2.47. The summed E-state index contributed by atoms with van der Waals surface area (Å²) in [5.41, 5.74) is 0. The van der Waals surface area contributed by atoms with Gasteiger partial charge in [0.1, 0.15) is 12.4 Å². The minimum Gasteiger partial charge on any atom is -0.492 e. The molecule has 0 unspecified atom stereocenters. The van der Waals surface area contributed by atoms with Crippen molar-refractivity contribution >= 4 is 5.91 Å². The summed E-state index contributed by atoms with van der Waals surface area (Å²) in [5, 5.41) is 7.09. The number of ether oxygens (including phenoxy) is 1. The maximum Gasteiger partial charge on any atom is 0.234 e. The summed E-state index contributed by atoms with van der Waals surface area (Å²) < 4.78 is 7.47. The first-order valence-corrected chi connectivity index (χ1v) is 7.47. The molecule has 1 aromatic heterocycles. The minimum atomic E-state index is 0.0376.